The zero-order chi connectivity index (χ0) is 22.1. The van der Waals surface area contributed by atoms with Crippen molar-refractivity contribution >= 4 is 33.3 Å². The topological polar surface area (TPSA) is 149 Å². The predicted molar refractivity (Wildman–Crippen MR) is 104 cm³/mol. The van der Waals surface area contributed by atoms with Crippen molar-refractivity contribution in [3.8, 4) is 23.0 Å². The quantitative estimate of drug-likeness (QED) is 0.585. The van der Waals surface area contributed by atoms with Crippen LogP contribution in [0.4, 0.5) is 11.4 Å². The molecule has 0 radical (unpaired) electrons. The smallest absolute Gasteiger partial charge is 0.338 e. The van der Waals surface area contributed by atoms with Crippen LogP contribution in [0.25, 0.3) is 0 Å². The second-order valence-electron chi connectivity index (χ2n) is 5.97. The van der Waals surface area contributed by atoms with Gasteiger partial charge in [0.25, 0.3) is 15.9 Å². The van der Waals surface area contributed by atoms with E-state index >= 15 is 0 Å². The number of carbonyl (C=O) groups excluding carboxylic acids is 1. The molecule has 0 aromatic heterocycles. The minimum Gasteiger partial charge on any atom is -0.493 e. The number of ether oxygens (including phenoxy) is 4. The lowest BCUT2D eigenvalue weighted by molar-refractivity contribution is -0.118. The van der Waals surface area contributed by atoms with Crippen molar-refractivity contribution in [2.75, 3.05) is 38.0 Å². The summed E-state index contributed by atoms with van der Waals surface area (Å²) in [6.07, 6.45) is 0. The zero-order valence-electron chi connectivity index (χ0n) is 16.1. The Morgan fingerprint density at radius 3 is 2.43 bits per heavy atom. The fraction of sp³-hybridized carbons (Fsp3) is 0.222. The molecule has 11 nitrogen and oxygen atoms in total. The first-order valence-electron chi connectivity index (χ1n) is 8.37. The minimum absolute atomic E-state index is 0.00815. The normalized spacial score (nSPS) is 12.8. The van der Waals surface area contributed by atoms with Gasteiger partial charge in [0.15, 0.2) is 18.1 Å². The summed E-state index contributed by atoms with van der Waals surface area (Å²) >= 11 is 0. The number of carboxylic acids is 1. The first kappa shape index (κ1) is 21.0. The summed E-state index contributed by atoms with van der Waals surface area (Å²) in [6, 6.07) is 4.95. The standard InChI is InChI=1S/C18H18N2O9S/c1-26-13-7-10(18(22)23)15(17(28-3)16(13)27-2)20-30(24,25)9-4-5-12-11(6-9)19-14(21)8-29-12/h4-7,20H,8H2,1-3H3,(H,19,21)(H,22,23). The van der Waals surface area contributed by atoms with Crippen LogP contribution in [0, 0.1) is 0 Å². The molecular weight excluding hydrogens is 420 g/mol. The van der Waals surface area contributed by atoms with E-state index in [1.807, 2.05) is 0 Å². The van der Waals surface area contributed by atoms with Gasteiger partial charge in [-0.25, -0.2) is 13.2 Å². The molecule has 30 heavy (non-hydrogen) atoms. The summed E-state index contributed by atoms with van der Waals surface area (Å²) in [5.41, 5.74) is -0.588. The van der Waals surface area contributed by atoms with Crippen molar-refractivity contribution in [3.05, 3.63) is 29.8 Å². The van der Waals surface area contributed by atoms with Gasteiger partial charge in [0.05, 0.1) is 37.5 Å². The Labute approximate surface area is 171 Å². The second kappa shape index (κ2) is 7.99. The van der Waals surface area contributed by atoms with E-state index < -0.39 is 27.5 Å². The monoisotopic (exact) mass is 438 g/mol. The molecule has 3 rings (SSSR count). The molecule has 12 heteroatoms. The molecule has 0 saturated heterocycles. The third-order valence-electron chi connectivity index (χ3n) is 4.19. The van der Waals surface area contributed by atoms with Crippen LogP contribution in [0.1, 0.15) is 10.4 Å². The number of rotatable bonds is 7. The average Bonchev–Trinajstić information content (AvgIpc) is 2.71. The lowest BCUT2D eigenvalue weighted by atomic mass is 10.1. The molecule has 1 aliphatic heterocycles. The van der Waals surface area contributed by atoms with Crippen LogP contribution >= 0.6 is 0 Å². The molecule has 0 unspecified atom stereocenters. The van der Waals surface area contributed by atoms with E-state index in [1.165, 1.54) is 39.5 Å². The number of amides is 1. The highest BCUT2D eigenvalue weighted by Crippen LogP contribution is 2.46. The Balaban J connectivity index is 2.12. The van der Waals surface area contributed by atoms with E-state index in [0.717, 1.165) is 6.07 Å². The summed E-state index contributed by atoms with van der Waals surface area (Å²) in [5.74, 6) is -1.66. The fourth-order valence-electron chi connectivity index (χ4n) is 2.85. The molecule has 0 atom stereocenters. The Hall–Kier alpha value is -3.67. The molecule has 1 heterocycles. The van der Waals surface area contributed by atoms with Gasteiger partial charge >= 0.3 is 5.97 Å². The number of aromatic carboxylic acids is 1. The van der Waals surface area contributed by atoms with Crippen LogP contribution in [-0.4, -0.2) is 53.3 Å². The van der Waals surface area contributed by atoms with Crippen LogP contribution < -0.4 is 29.0 Å². The average molecular weight is 438 g/mol. The van der Waals surface area contributed by atoms with Crippen LogP contribution in [0.3, 0.4) is 0 Å². The zero-order valence-corrected chi connectivity index (χ0v) is 17.0. The molecule has 0 fully saturated rings. The Kier molecular flexibility index (Phi) is 5.60. The second-order valence-corrected chi connectivity index (χ2v) is 7.66. The molecule has 2 aromatic rings. The summed E-state index contributed by atoms with van der Waals surface area (Å²) < 4.78 is 48.9. The maximum absolute atomic E-state index is 13.0. The van der Waals surface area contributed by atoms with E-state index in [-0.39, 0.29) is 40.1 Å². The van der Waals surface area contributed by atoms with Gasteiger partial charge in [-0.3, -0.25) is 9.52 Å². The third kappa shape index (κ3) is 3.76. The van der Waals surface area contributed by atoms with Gasteiger partial charge in [-0.15, -0.1) is 0 Å². The van der Waals surface area contributed by atoms with Gasteiger partial charge in [0, 0.05) is 6.07 Å². The molecule has 2 aromatic carbocycles. The number of hydrogen-bond acceptors (Lipinski definition) is 8. The summed E-state index contributed by atoms with van der Waals surface area (Å²) in [6.45, 7) is -0.178. The predicted octanol–water partition coefficient (Wildman–Crippen LogP) is 1.54. The number of hydrogen-bond donors (Lipinski definition) is 3. The van der Waals surface area contributed by atoms with Crippen LogP contribution in [-0.2, 0) is 14.8 Å². The number of fused-ring (bicyclic) bond motifs is 1. The Bertz CT molecular complexity index is 1130. The highest BCUT2D eigenvalue weighted by atomic mass is 32.2. The van der Waals surface area contributed by atoms with E-state index in [1.54, 1.807) is 0 Å². The molecule has 0 saturated carbocycles. The molecule has 3 N–H and O–H groups in total. The number of sulfonamides is 1. The van der Waals surface area contributed by atoms with Crippen molar-refractivity contribution < 1.29 is 42.1 Å². The Morgan fingerprint density at radius 2 is 1.83 bits per heavy atom. The van der Waals surface area contributed by atoms with Crippen molar-refractivity contribution in [1.29, 1.82) is 0 Å². The van der Waals surface area contributed by atoms with Gasteiger partial charge in [-0.2, -0.15) is 0 Å². The van der Waals surface area contributed by atoms with Crippen molar-refractivity contribution in [2.24, 2.45) is 0 Å². The van der Waals surface area contributed by atoms with E-state index in [0.29, 0.717) is 5.75 Å². The molecule has 160 valence electrons. The number of methoxy groups -OCH3 is 3. The van der Waals surface area contributed by atoms with Gasteiger partial charge in [0.2, 0.25) is 5.75 Å². The lowest BCUT2D eigenvalue weighted by Crippen LogP contribution is -2.25. The molecule has 1 aliphatic rings. The highest BCUT2D eigenvalue weighted by Gasteiger charge is 2.29. The van der Waals surface area contributed by atoms with Crippen molar-refractivity contribution in [2.45, 2.75) is 4.90 Å². The summed E-state index contributed by atoms with van der Waals surface area (Å²) in [5, 5.41) is 12.1. The molecular formula is C18H18N2O9S. The maximum Gasteiger partial charge on any atom is 0.338 e. The van der Waals surface area contributed by atoms with E-state index in [9.17, 15) is 23.1 Å². The Morgan fingerprint density at radius 1 is 1.13 bits per heavy atom. The van der Waals surface area contributed by atoms with Crippen LogP contribution in [0.2, 0.25) is 0 Å². The minimum atomic E-state index is -4.29. The first-order chi connectivity index (χ1) is 14.2. The highest BCUT2D eigenvalue weighted by molar-refractivity contribution is 7.92. The number of benzene rings is 2. The molecule has 0 bridgehead atoms. The molecule has 0 spiro atoms. The fourth-order valence-corrected chi connectivity index (χ4v) is 3.96. The van der Waals surface area contributed by atoms with Crippen molar-refractivity contribution in [1.82, 2.24) is 0 Å². The number of carbonyl (C=O) groups is 2. The van der Waals surface area contributed by atoms with E-state index in [4.69, 9.17) is 18.9 Å². The number of nitrogens with one attached hydrogen (secondary N) is 2. The van der Waals surface area contributed by atoms with Gasteiger partial charge < -0.3 is 29.4 Å². The molecule has 1 amide bonds. The third-order valence-corrected chi connectivity index (χ3v) is 5.54. The number of anilines is 2. The SMILES string of the molecule is COc1cc(C(=O)O)c(NS(=O)(=O)c2ccc3c(c2)NC(=O)CO3)c(OC)c1OC. The maximum atomic E-state index is 13.0. The number of carboxylic acid groups (broad SMARTS) is 1. The van der Waals surface area contributed by atoms with E-state index in [2.05, 4.69) is 10.0 Å². The largest absolute Gasteiger partial charge is 0.493 e. The molecule has 0 aliphatic carbocycles. The van der Waals surface area contributed by atoms with Crippen LogP contribution in [0.5, 0.6) is 23.0 Å². The van der Waals surface area contributed by atoms with Gasteiger partial charge in [0.1, 0.15) is 11.4 Å². The van der Waals surface area contributed by atoms with Gasteiger partial charge in [-0.05, 0) is 18.2 Å². The summed E-state index contributed by atoms with van der Waals surface area (Å²) in [7, 11) is -0.467. The van der Waals surface area contributed by atoms with Crippen LogP contribution in [0.15, 0.2) is 29.2 Å². The summed E-state index contributed by atoms with van der Waals surface area (Å²) in [4.78, 5) is 23.0. The van der Waals surface area contributed by atoms with Gasteiger partial charge in [-0.1, -0.05) is 0 Å². The van der Waals surface area contributed by atoms with Crippen molar-refractivity contribution in [3.63, 3.8) is 0 Å². The first-order valence-corrected chi connectivity index (χ1v) is 9.86. The lowest BCUT2D eigenvalue weighted by Gasteiger charge is -2.20.